The first-order valence-corrected chi connectivity index (χ1v) is 7.36. The minimum absolute atomic E-state index is 0.0182. The van der Waals surface area contributed by atoms with E-state index in [1.165, 1.54) is 25.3 Å². The molecule has 0 aromatic heterocycles. The van der Waals surface area contributed by atoms with Gasteiger partial charge in [-0.15, -0.1) is 0 Å². The monoisotopic (exact) mass is 286 g/mol. The van der Waals surface area contributed by atoms with Gasteiger partial charge in [-0.1, -0.05) is 6.92 Å². The molecular formula is C12H18N2O4S. The van der Waals surface area contributed by atoms with Crippen molar-refractivity contribution in [2.45, 2.75) is 31.2 Å². The highest BCUT2D eigenvalue weighted by Gasteiger charge is 2.18. The molecule has 1 rings (SSSR count). The van der Waals surface area contributed by atoms with Gasteiger partial charge in [-0.2, -0.15) is 0 Å². The van der Waals surface area contributed by atoms with Crippen molar-refractivity contribution in [2.24, 2.45) is 5.14 Å². The van der Waals surface area contributed by atoms with Gasteiger partial charge in [0.05, 0.1) is 17.6 Å². The minimum Gasteiger partial charge on any atom is -0.496 e. The highest BCUT2D eigenvalue weighted by atomic mass is 32.2. The number of amides is 1. The quantitative estimate of drug-likeness (QED) is 0.839. The number of nitrogens with one attached hydrogen (secondary N) is 1. The van der Waals surface area contributed by atoms with E-state index in [1.807, 2.05) is 13.8 Å². The third-order valence-corrected chi connectivity index (χ3v) is 3.64. The van der Waals surface area contributed by atoms with Crippen molar-refractivity contribution in [3.63, 3.8) is 0 Å². The van der Waals surface area contributed by atoms with Crippen LogP contribution in [0.3, 0.4) is 0 Å². The zero-order chi connectivity index (χ0) is 14.6. The molecular weight excluding hydrogens is 268 g/mol. The van der Waals surface area contributed by atoms with Crippen LogP contribution in [0.25, 0.3) is 0 Å². The van der Waals surface area contributed by atoms with Gasteiger partial charge in [-0.05, 0) is 31.5 Å². The summed E-state index contributed by atoms with van der Waals surface area (Å²) >= 11 is 0. The van der Waals surface area contributed by atoms with Crippen LogP contribution in [0.5, 0.6) is 5.75 Å². The van der Waals surface area contributed by atoms with E-state index in [9.17, 15) is 13.2 Å². The standard InChI is InChI=1S/C12H18N2O4S/c1-4-8(2)14-12(15)10-7-9(19(13,16)17)5-6-11(10)18-3/h5-8H,4H2,1-3H3,(H,14,15)(H2,13,16,17). The number of hydrogen-bond acceptors (Lipinski definition) is 4. The van der Waals surface area contributed by atoms with Crippen LogP contribution in [0.15, 0.2) is 23.1 Å². The van der Waals surface area contributed by atoms with Crippen molar-refractivity contribution in [1.82, 2.24) is 5.32 Å². The molecule has 0 bridgehead atoms. The first kappa shape index (κ1) is 15.5. The summed E-state index contributed by atoms with van der Waals surface area (Å²) < 4.78 is 27.6. The first-order valence-electron chi connectivity index (χ1n) is 5.81. The van der Waals surface area contributed by atoms with Crippen molar-refractivity contribution in [2.75, 3.05) is 7.11 Å². The van der Waals surface area contributed by atoms with Gasteiger partial charge in [0.15, 0.2) is 0 Å². The summed E-state index contributed by atoms with van der Waals surface area (Å²) in [6, 6.07) is 3.90. The van der Waals surface area contributed by atoms with E-state index in [0.717, 1.165) is 6.42 Å². The number of nitrogens with two attached hydrogens (primary N) is 1. The molecule has 3 N–H and O–H groups in total. The Morgan fingerprint density at radius 2 is 2.11 bits per heavy atom. The second kappa shape index (κ2) is 6.03. The number of primary sulfonamides is 1. The molecule has 0 aliphatic heterocycles. The fraction of sp³-hybridized carbons (Fsp3) is 0.417. The Morgan fingerprint density at radius 1 is 1.47 bits per heavy atom. The Hall–Kier alpha value is -1.60. The molecule has 1 aromatic rings. The number of ether oxygens (including phenoxy) is 1. The second-order valence-electron chi connectivity index (χ2n) is 4.19. The first-order chi connectivity index (χ1) is 8.79. The van der Waals surface area contributed by atoms with Crippen molar-refractivity contribution < 1.29 is 17.9 Å². The van der Waals surface area contributed by atoms with E-state index in [4.69, 9.17) is 9.88 Å². The summed E-state index contributed by atoms with van der Waals surface area (Å²) in [6.07, 6.45) is 0.767. The average Bonchev–Trinajstić information content (AvgIpc) is 2.36. The van der Waals surface area contributed by atoms with E-state index >= 15 is 0 Å². The number of benzene rings is 1. The highest BCUT2D eigenvalue weighted by Crippen LogP contribution is 2.22. The summed E-state index contributed by atoms with van der Waals surface area (Å²) in [5, 5.41) is 7.79. The molecule has 1 unspecified atom stereocenters. The SMILES string of the molecule is CCC(C)NC(=O)c1cc(S(N)(=O)=O)ccc1OC. The van der Waals surface area contributed by atoms with E-state index < -0.39 is 15.9 Å². The number of hydrogen-bond donors (Lipinski definition) is 2. The number of carbonyl (C=O) groups is 1. The molecule has 19 heavy (non-hydrogen) atoms. The number of methoxy groups -OCH3 is 1. The van der Waals surface area contributed by atoms with Crippen LogP contribution in [0.4, 0.5) is 0 Å². The molecule has 0 heterocycles. The lowest BCUT2D eigenvalue weighted by Gasteiger charge is -2.14. The molecule has 7 heteroatoms. The number of carbonyl (C=O) groups excluding carboxylic acids is 1. The lowest BCUT2D eigenvalue weighted by molar-refractivity contribution is 0.0936. The Bertz CT molecular complexity index is 569. The fourth-order valence-electron chi connectivity index (χ4n) is 1.45. The van der Waals surface area contributed by atoms with Crippen LogP contribution in [-0.4, -0.2) is 27.5 Å². The summed E-state index contributed by atoms with van der Waals surface area (Å²) in [6.45, 7) is 3.79. The van der Waals surface area contributed by atoms with Gasteiger partial charge in [0.1, 0.15) is 5.75 Å². The Morgan fingerprint density at radius 3 is 2.58 bits per heavy atom. The molecule has 0 fully saturated rings. The minimum atomic E-state index is -3.85. The lowest BCUT2D eigenvalue weighted by Crippen LogP contribution is -2.32. The molecule has 0 saturated heterocycles. The van der Waals surface area contributed by atoms with Crippen molar-refractivity contribution in [3.8, 4) is 5.75 Å². The maximum atomic E-state index is 12.0. The maximum absolute atomic E-state index is 12.0. The topological polar surface area (TPSA) is 98.5 Å². The molecule has 1 amide bonds. The van der Waals surface area contributed by atoms with Gasteiger partial charge < -0.3 is 10.1 Å². The third kappa shape index (κ3) is 3.93. The van der Waals surface area contributed by atoms with E-state index in [0.29, 0.717) is 5.75 Å². The van der Waals surface area contributed by atoms with E-state index in [2.05, 4.69) is 5.32 Å². The largest absolute Gasteiger partial charge is 0.496 e. The molecule has 0 radical (unpaired) electrons. The van der Waals surface area contributed by atoms with Crippen LogP contribution >= 0.6 is 0 Å². The Kier molecular flexibility index (Phi) is 4.90. The van der Waals surface area contributed by atoms with Crippen molar-refractivity contribution >= 4 is 15.9 Å². The number of rotatable bonds is 5. The number of sulfonamides is 1. The predicted molar refractivity (Wildman–Crippen MR) is 71.6 cm³/mol. The predicted octanol–water partition coefficient (Wildman–Crippen LogP) is 0.871. The lowest BCUT2D eigenvalue weighted by atomic mass is 10.1. The summed E-state index contributed by atoms with van der Waals surface area (Å²) in [5.74, 6) is -0.0927. The molecule has 1 aromatic carbocycles. The van der Waals surface area contributed by atoms with Gasteiger partial charge in [0.2, 0.25) is 10.0 Å². The van der Waals surface area contributed by atoms with Crippen LogP contribution in [0, 0.1) is 0 Å². The van der Waals surface area contributed by atoms with Gasteiger partial charge in [-0.25, -0.2) is 13.6 Å². The highest BCUT2D eigenvalue weighted by molar-refractivity contribution is 7.89. The van der Waals surface area contributed by atoms with Crippen molar-refractivity contribution in [3.05, 3.63) is 23.8 Å². The van der Waals surface area contributed by atoms with Gasteiger partial charge in [0.25, 0.3) is 5.91 Å². The normalized spacial score (nSPS) is 12.8. The zero-order valence-electron chi connectivity index (χ0n) is 11.1. The van der Waals surface area contributed by atoms with Gasteiger partial charge >= 0.3 is 0 Å². The molecule has 0 aliphatic carbocycles. The summed E-state index contributed by atoms with van der Waals surface area (Å²) in [4.78, 5) is 11.9. The van der Waals surface area contributed by atoms with Crippen LogP contribution in [0.2, 0.25) is 0 Å². The molecule has 0 saturated carbocycles. The Labute approximate surface area is 113 Å². The van der Waals surface area contributed by atoms with Crippen molar-refractivity contribution in [1.29, 1.82) is 0 Å². The molecule has 106 valence electrons. The van der Waals surface area contributed by atoms with Gasteiger partial charge in [0, 0.05) is 6.04 Å². The second-order valence-corrected chi connectivity index (χ2v) is 5.75. The maximum Gasteiger partial charge on any atom is 0.255 e. The van der Waals surface area contributed by atoms with Gasteiger partial charge in [-0.3, -0.25) is 4.79 Å². The Balaban J connectivity index is 3.20. The fourth-order valence-corrected chi connectivity index (χ4v) is 1.98. The average molecular weight is 286 g/mol. The zero-order valence-corrected chi connectivity index (χ0v) is 12.0. The molecule has 6 nitrogen and oxygen atoms in total. The summed E-state index contributed by atoms with van der Waals surface area (Å²) in [7, 11) is -2.44. The molecule has 0 spiro atoms. The van der Waals surface area contributed by atoms with Crippen LogP contribution in [-0.2, 0) is 10.0 Å². The van der Waals surface area contributed by atoms with Crippen LogP contribution < -0.4 is 15.2 Å². The van der Waals surface area contributed by atoms with Crippen LogP contribution in [0.1, 0.15) is 30.6 Å². The smallest absolute Gasteiger partial charge is 0.255 e. The summed E-state index contributed by atoms with van der Waals surface area (Å²) in [5.41, 5.74) is 0.148. The van der Waals surface area contributed by atoms with E-state index in [-0.39, 0.29) is 16.5 Å². The molecule has 1 atom stereocenters. The molecule has 0 aliphatic rings. The third-order valence-electron chi connectivity index (χ3n) is 2.73. The van der Waals surface area contributed by atoms with E-state index in [1.54, 1.807) is 0 Å².